The predicted octanol–water partition coefficient (Wildman–Crippen LogP) is 5.45. The van der Waals surface area contributed by atoms with Crippen LogP contribution in [-0.2, 0) is 4.79 Å². The van der Waals surface area contributed by atoms with Gasteiger partial charge in [0.1, 0.15) is 5.78 Å². The summed E-state index contributed by atoms with van der Waals surface area (Å²) in [6, 6.07) is 0.585. The fourth-order valence-corrected chi connectivity index (χ4v) is 9.31. The van der Waals surface area contributed by atoms with E-state index in [9.17, 15) is 9.90 Å². The van der Waals surface area contributed by atoms with Crippen molar-refractivity contribution < 1.29 is 9.90 Å². The van der Waals surface area contributed by atoms with E-state index in [2.05, 4.69) is 25.7 Å². The summed E-state index contributed by atoms with van der Waals surface area (Å²) < 4.78 is 0. The smallest absolute Gasteiger partial charge is 0.150 e. The van der Waals surface area contributed by atoms with Crippen molar-refractivity contribution in [2.24, 2.45) is 40.9 Å². The number of Topliss-reactive ketones (excluding diaryl/α,β-unsaturated/α-hetero) is 1. The summed E-state index contributed by atoms with van der Waals surface area (Å²) in [6.07, 6.45) is 14.8. The molecule has 0 amide bonds. The van der Waals surface area contributed by atoms with Gasteiger partial charge in [-0.1, -0.05) is 13.3 Å². The lowest BCUT2D eigenvalue weighted by Crippen LogP contribution is -2.51. The summed E-state index contributed by atoms with van der Waals surface area (Å²) in [6.45, 7) is 8.71. The lowest BCUT2D eigenvalue weighted by atomic mass is 9.49. The SMILES string of the molecule is C[C@@H]1CCCCN1CC(=O)[C@H]1CC[C@H]2[C@@H]3CC[C@@H]4C[C@](C)(O)CC[C@@H]4[C@H]3CC[C@]12C. The second-order valence-electron chi connectivity index (χ2n) is 12.6. The molecule has 0 unspecified atom stereocenters. The van der Waals surface area contributed by atoms with Gasteiger partial charge in [0, 0.05) is 12.0 Å². The average molecular weight is 416 g/mol. The van der Waals surface area contributed by atoms with Crippen molar-refractivity contribution >= 4 is 5.78 Å². The average Bonchev–Trinajstić information content (AvgIpc) is 3.06. The van der Waals surface area contributed by atoms with E-state index in [1.165, 1.54) is 57.8 Å². The monoisotopic (exact) mass is 415 g/mol. The van der Waals surface area contributed by atoms with E-state index in [1.54, 1.807) is 0 Å². The van der Waals surface area contributed by atoms with Gasteiger partial charge in [-0.3, -0.25) is 9.69 Å². The fourth-order valence-electron chi connectivity index (χ4n) is 9.31. The standard InChI is InChI=1S/C27H45NO2/c1-18-6-4-5-15-28(18)17-25(29)24-10-9-23-22-8-7-19-16-26(2,30)13-11-20(19)21(22)12-14-27(23,24)3/h18-24,30H,4-17H2,1-3H3/t18-,19-,20+,21-,22-,23+,24-,26-,27+/m1/s1. The molecule has 5 rings (SSSR count). The van der Waals surface area contributed by atoms with Crippen molar-refractivity contribution in [3.8, 4) is 0 Å². The summed E-state index contributed by atoms with van der Waals surface area (Å²) in [5, 5.41) is 10.6. The quantitative estimate of drug-likeness (QED) is 0.666. The molecule has 5 aliphatic rings. The molecule has 0 aromatic rings. The molecule has 1 saturated heterocycles. The lowest BCUT2D eigenvalue weighted by molar-refractivity contribution is -0.134. The largest absolute Gasteiger partial charge is 0.390 e. The van der Waals surface area contributed by atoms with Gasteiger partial charge in [-0.15, -0.1) is 0 Å². The highest BCUT2D eigenvalue weighted by molar-refractivity contribution is 5.84. The minimum atomic E-state index is -0.423. The Morgan fingerprint density at radius 1 is 0.933 bits per heavy atom. The Morgan fingerprint density at radius 2 is 1.73 bits per heavy atom. The topological polar surface area (TPSA) is 40.5 Å². The van der Waals surface area contributed by atoms with Crippen LogP contribution < -0.4 is 0 Å². The number of piperidine rings is 1. The van der Waals surface area contributed by atoms with Crippen LogP contribution in [0.4, 0.5) is 0 Å². The van der Waals surface area contributed by atoms with Crippen molar-refractivity contribution in [2.75, 3.05) is 13.1 Å². The normalized spacial score (nSPS) is 51.7. The first kappa shape index (κ1) is 21.4. The first-order valence-electron chi connectivity index (χ1n) is 13.3. The van der Waals surface area contributed by atoms with Gasteiger partial charge in [-0.25, -0.2) is 0 Å². The molecule has 0 bridgehead atoms. The van der Waals surface area contributed by atoms with Crippen LogP contribution in [0.3, 0.4) is 0 Å². The van der Waals surface area contributed by atoms with Crippen LogP contribution in [0, 0.1) is 40.9 Å². The fraction of sp³-hybridized carbons (Fsp3) is 0.963. The molecule has 0 aromatic heterocycles. The Bertz CT molecular complexity index is 659. The lowest BCUT2D eigenvalue weighted by Gasteiger charge is -2.57. The van der Waals surface area contributed by atoms with Crippen molar-refractivity contribution in [3.05, 3.63) is 0 Å². The van der Waals surface area contributed by atoms with E-state index in [0.29, 0.717) is 24.3 Å². The van der Waals surface area contributed by atoms with Gasteiger partial charge in [0.15, 0.2) is 0 Å². The number of fused-ring (bicyclic) bond motifs is 5. The molecular weight excluding hydrogens is 370 g/mol. The zero-order valence-corrected chi connectivity index (χ0v) is 19.7. The Balaban J connectivity index is 1.28. The van der Waals surface area contributed by atoms with E-state index < -0.39 is 5.60 Å². The first-order valence-corrected chi connectivity index (χ1v) is 13.3. The molecule has 4 saturated carbocycles. The molecule has 170 valence electrons. The summed E-state index contributed by atoms with van der Waals surface area (Å²) in [7, 11) is 0. The van der Waals surface area contributed by atoms with Gasteiger partial charge in [-0.2, -0.15) is 0 Å². The van der Waals surface area contributed by atoms with Crippen LogP contribution in [0.1, 0.15) is 97.8 Å². The Morgan fingerprint density at radius 3 is 2.53 bits per heavy atom. The first-order chi connectivity index (χ1) is 14.3. The molecule has 3 heteroatoms. The molecule has 9 atom stereocenters. The Hall–Kier alpha value is -0.410. The maximum absolute atomic E-state index is 13.5. The van der Waals surface area contributed by atoms with Gasteiger partial charge in [0.2, 0.25) is 0 Å². The van der Waals surface area contributed by atoms with Gasteiger partial charge in [0.05, 0.1) is 12.1 Å². The van der Waals surface area contributed by atoms with Crippen LogP contribution in [-0.4, -0.2) is 40.5 Å². The molecule has 1 N–H and O–H groups in total. The summed E-state index contributed by atoms with van der Waals surface area (Å²) in [5.41, 5.74) is -0.169. The van der Waals surface area contributed by atoms with Crippen LogP contribution in [0.25, 0.3) is 0 Å². The summed E-state index contributed by atoms with van der Waals surface area (Å²) in [4.78, 5) is 16.0. The molecule has 30 heavy (non-hydrogen) atoms. The number of carbonyl (C=O) groups is 1. The third kappa shape index (κ3) is 3.60. The zero-order chi connectivity index (χ0) is 21.1. The predicted molar refractivity (Wildman–Crippen MR) is 121 cm³/mol. The van der Waals surface area contributed by atoms with Gasteiger partial charge < -0.3 is 5.11 Å². The van der Waals surface area contributed by atoms with Crippen LogP contribution in [0.2, 0.25) is 0 Å². The third-order valence-electron chi connectivity index (χ3n) is 10.9. The molecule has 5 fully saturated rings. The highest BCUT2D eigenvalue weighted by Crippen LogP contribution is 2.64. The number of hydrogen-bond acceptors (Lipinski definition) is 3. The third-order valence-corrected chi connectivity index (χ3v) is 10.9. The highest BCUT2D eigenvalue weighted by Gasteiger charge is 2.58. The highest BCUT2D eigenvalue weighted by atomic mass is 16.3. The summed E-state index contributed by atoms with van der Waals surface area (Å²) >= 11 is 0. The number of rotatable bonds is 3. The molecule has 0 aromatic carbocycles. The summed E-state index contributed by atoms with van der Waals surface area (Å²) in [5.74, 6) is 4.95. The second kappa shape index (κ2) is 7.87. The zero-order valence-electron chi connectivity index (χ0n) is 19.7. The Labute approximate surface area is 184 Å². The van der Waals surface area contributed by atoms with Gasteiger partial charge in [-0.05, 0) is 126 Å². The molecule has 0 radical (unpaired) electrons. The maximum atomic E-state index is 13.5. The van der Waals surface area contributed by atoms with Crippen LogP contribution >= 0.6 is 0 Å². The van der Waals surface area contributed by atoms with Crippen LogP contribution in [0.5, 0.6) is 0 Å². The van der Waals surface area contributed by atoms with E-state index >= 15 is 0 Å². The van der Waals surface area contributed by atoms with Crippen LogP contribution in [0.15, 0.2) is 0 Å². The number of aliphatic hydroxyl groups is 1. The molecule has 0 spiro atoms. The number of carbonyl (C=O) groups excluding carboxylic acids is 1. The minimum absolute atomic E-state index is 0.254. The van der Waals surface area contributed by atoms with Gasteiger partial charge >= 0.3 is 0 Å². The molecule has 1 aliphatic heterocycles. The van der Waals surface area contributed by atoms with E-state index in [4.69, 9.17) is 0 Å². The van der Waals surface area contributed by atoms with Crippen molar-refractivity contribution in [3.63, 3.8) is 0 Å². The maximum Gasteiger partial charge on any atom is 0.150 e. The molecule has 3 nitrogen and oxygen atoms in total. The minimum Gasteiger partial charge on any atom is -0.390 e. The van der Waals surface area contributed by atoms with Crippen molar-refractivity contribution in [2.45, 2.75) is 109 Å². The van der Waals surface area contributed by atoms with Crippen molar-refractivity contribution in [1.82, 2.24) is 4.90 Å². The Kier molecular flexibility index (Phi) is 5.62. The molecular formula is C27H45NO2. The van der Waals surface area contributed by atoms with E-state index in [0.717, 1.165) is 55.4 Å². The van der Waals surface area contributed by atoms with E-state index in [-0.39, 0.29) is 5.41 Å². The second-order valence-corrected chi connectivity index (χ2v) is 12.6. The number of hydrogen-bond donors (Lipinski definition) is 1. The number of ketones is 1. The molecule has 4 aliphatic carbocycles. The molecule has 1 heterocycles. The van der Waals surface area contributed by atoms with Gasteiger partial charge in [0.25, 0.3) is 0 Å². The van der Waals surface area contributed by atoms with Crippen molar-refractivity contribution in [1.29, 1.82) is 0 Å². The number of likely N-dealkylation sites (tertiary alicyclic amines) is 1. The number of nitrogens with zero attached hydrogens (tertiary/aromatic N) is 1. The van der Waals surface area contributed by atoms with E-state index in [1.807, 2.05) is 0 Å².